The summed E-state index contributed by atoms with van der Waals surface area (Å²) in [6.45, 7) is 1.45. The monoisotopic (exact) mass is 434 g/mol. The summed E-state index contributed by atoms with van der Waals surface area (Å²) >= 11 is 0. The summed E-state index contributed by atoms with van der Waals surface area (Å²) in [5.74, 6) is 0.299. The molecule has 31 heavy (non-hydrogen) atoms. The molecule has 1 atom stereocenters. The minimum absolute atomic E-state index is 0.0978. The van der Waals surface area contributed by atoms with Crippen LogP contribution in [0.2, 0.25) is 0 Å². The third kappa shape index (κ3) is 4.76. The first-order valence-electron chi connectivity index (χ1n) is 9.95. The van der Waals surface area contributed by atoms with Crippen LogP contribution in [0.5, 0.6) is 11.5 Å². The molecule has 6 nitrogen and oxygen atoms in total. The van der Waals surface area contributed by atoms with Crippen LogP contribution < -0.4 is 19.7 Å². The highest BCUT2D eigenvalue weighted by molar-refractivity contribution is 6.00. The van der Waals surface area contributed by atoms with Crippen molar-refractivity contribution < 1.29 is 32.2 Å². The standard InChI is InChI=1S/C22H21F3N2O4/c23-22(24,25)16-3-1-14(2-4-16)7-8-26-21(29)15-11-20(28)27(13-15)17-5-6-18-19(12-17)31-10-9-30-18/h1-6,12,15H,7-11,13H2,(H,26,29)/t15-/m0/s1. The molecule has 0 aromatic heterocycles. The molecule has 0 spiro atoms. The molecule has 1 N–H and O–H groups in total. The first kappa shape index (κ1) is 21.0. The molecule has 0 saturated carbocycles. The van der Waals surface area contributed by atoms with E-state index in [9.17, 15) is 22.8 Å². The van der Waals surface area contributed by atoms with Gasteiger partial charge in [-0.15, -0.1) is 0 Å². The molecular weight excluding hydrogens is 413 g/mol. The van der Waals surface area contributed by atoms with Crippen LogP contribution in [0.3, 0.4) is 0 Å². The Labute approximate surface area is 176 Å². The van der Waals surface area contributed by atoms with Crippen molar-refractivity contribution in [1.29, 1.82) is 0 Å². The smallest absolute Gasteiger partial charge is 0.416 e. The Kier molecular flexibility index (Phi) is 5.75. The molecule has 2 heterocycles. The van der Waals surface area contributed by atoms with Crippen molar-refractivity contribution in [2.75, 3.05) is 31.2 Å². The number of carbonyl (C=O) groups excluding carboxylic acids is 2. The highest BCUT2D eigenvalue weighted by Gasteiger charge is 2.35. The predicted molar refractivity (Wildman–Crippen MR) is 106 cm³/mol. The summed E-state index contributed by atoms with van der Waals surface area (Å²) in [4.78, 5) is 26.5. The van der Waals surface area contributed by atoms with Crippen LogP contribution in [0.25, 0.3) is 0 Å². The van der Waals surface area contributed by atoms with E-state index in [0.29, 0.717) is 42.4 Å². The van der Waals surface area contributed by atoms with Gasteiger partial charge in [-0.3, -0.25) is 9.59 Å². The maximum atomic E-state index is 12.6. The van der Waals surface area contributed by atoms with E-state index >= 15 is 0 Å². The fourth-order valence-electron chi connectivity index (χ4n) is 3.67. The van der Waals surface area contributed by atoms with Crippen molar-refractivity contribution in [2.24, 2.45) is 5.92 Å². The van der Waals surface area contributed by atoms with E-state index in [1.165, 1.54) is 12.1 Å². The van der Waals surface area contributed by atoms with E-state index in [0.717, 1.165) is 12.1 Å². The van der Waals surface area contributed by atoms with Gasteiger partial charge < -0.3 is 19.7 Å². The van der Waals surface area contributed by atoms with Crippen LogP contribution >= 0.6 is 0 Å². The first-order valence-corrected chi connectivity index (χ1v) is 9.95. The van der Waals surface area contributed by atoms with Crippen LogP contribution in [0.15, 0.2) is 42.5 Å². The number of carbonyl (C=O) groups is 2. The minimum Gasteiger partial charge on any atom is -0.486 e. The summed E-state index contributed by atoms with van der Waals surface area (Å²) in [6.07, 6.45) is -3.87. The zero-order valence-electron chi connectivity index (χ0n) is 16.6. The molecular formula is C22H21F3N2O4. The van der Waals surface area contributed by atoms with Gasteiger partial charge in [-0.1, -0.05) is 12.1 Å². The normalized spacial score (nSPS) is 18.2. The van der Waals surface area contributed by atoms with E-state index < -0.39 is 17.7 Å². The average molecular weight is 434 g/mol. The fraction of sp³-hybridized carbons (Fsp3) is 0.364. The summed E-state index contributed by atoms with van der Waals surface area (Å²) in [5.41, 5.74) is 0.631. The lowest BCUT2D eigenvalue weighted by molar-refractivity contribution is -0.137. The topological polar surface area (TPSA) is 67.9 Å². The quantitative estimate of drug-likeness (QED) is 0.785. The number of anilines is 1. The number of ether oxygens (including phenoxy) is 2. The van der Waals surface area contributed by atoms with Crippen LogP contribution in [0.1, 0.15) is 17.5 Å². The van der Waals surface area contributed by atoms with Crippen molar-refractivity contribution in [3.63, 3.8) is 0 Å². The van der Waals surface area contributed by atoms with Gasteiger partial charge in [0.1, 0.15) is 13.2 Å². The average Bonchev–Trinajstić information content (AvgIpc) is 3.15. The van der Waals surface area contributed by atoms with E-state index in [4.69, 9.17) is 9.47 Å². The number of fused-ring (bicyclic) bond motifs is 1. The molecule has 2 aliphatic heterocycles. The lowest BCUT2D eigenvalue weighted by Gasteiger charge is -2.22. The first-order chi connectivity index (χ1) is 14.8. The number of alkyl halides is 3. The number of hydrogen-bond acceptors (Lipinski definition) is 4. The van der Waals surface area contributed by atoms with Crippen LogP contribution in [-0.4, -0.2) is 38.1 Å². The predicted octanol–water partition coefficient (Wildman–Crippen LogP) is 3.19. The largest absolute Gasteiger partial charge is 0.486 e. The lowest BCUT2D eigenvalue weighted by atomic mass is 10.1. The van der Waals surface area contributed by atoms with Crippen molar-refractivity contribution in [3.05, 3.63) is 53.6 Å². The van der Waals surface area contributed by atoms with E-state index in [2.05, 4.69) is 5.32 Å². The molecule has 2 aromatic carbocycles. The minimum atomic E-state index is -4.37. The highest BCUT2D eigenvalue weighted by atomic mass is 19.4. The molecule has 1 saturated heterocycles. The van der Waals surface area contributed by atoms with E-state index in [1.807, 2.05) is 0 Å². The number of nitrogens with one attached hydrogen (secondary N) is 1. The van der Waals surface area contributed by atoms with Crippen molar-refractivity contribution >= 4 is 17.5 Å². The second-order valence-electron chi connectivity index (χ2n) is 7.47. The number of benzene rings is 2. The van der Waals surface area contributed by atoms with Crippen LogP contribution in [-0.2, 0) is 22.2 Å². The third-order valence-corrected chi connectivity index (χ3v) is 5.33. The second-order valence-corrected chi connectivity index (χ2v) is 7.47. The molecule has 2 amide bonds. The van der Waals surface area contributed by atoms with Crippen molar-refractivity contribution in [2.45, 2.75) is 19.0 Å². The summed E-state index contributed by atoms with van der Waals surface area (Å²) in [6, 6.07) is 10.1. The summed E-state index contributed by atoms with van der Waals surface area (Å²) in [5, 5.41) is 2.78. The maximum Gasteiger partial charge on any atom is 0.416 e. The molecule has 0 bridgehead atoms. The Balaban J connectivity index is 1.30. The van der Waals surface area contributed by atoms with Gasteiger partial charge in [0.2, 0.25) is 11.8 Å². The molecule has 164 valence electrons. The molecule has 2 aliphatic rings. The molecule has 1 fully saturated rings. The molecule has 0 unspecified atom stereocenters. The Morgan fingerprint density at radius 1 is 1.06 bits per heavy atom. The van der Waals surface area contributed by atoms with Gasteiger partial charge in [0.05, 0.1) is 11.5 Å². The maximum absolute atomic E-state index is 12.6. The fourth-order valence-corrected chi connectivity index (χ4v) is 3.67. The summed E-state index contributed by atoms with van der Waals surface area (Å²) in [7, 11) is 0. The molecule has 2 aromatic rings. The number of hydrogen-bond donors (Lipinski definition) is 1. The van der Waals surface area contributed by atoms with Gasteiger partial charge in [0, 0.05) is 31.3 Å². The van der Waals surface area contributed by atoms with E-state index in [1.54, 1.807) is 23.1 Å². The van der Waals surface area contributed by atoms with Gasteiger partial charge in [0.25, 0.3) is 0 Å². The molecule has 4 rings (SSSR count). The number of halogens is 3. The van der Waals surface area contributed by atoms with Crippen molar-refractivity contribution in [1.82, 2.24) is 5.32 Å². The van der Waals surface area contributed by atoms with Gasteiger partial charge in [-0.25, -0.2) is 0 Å². The van der Waals surface area contributed by atoms with Gasteiger partial charge >= 0.3 is 6.18 Å². The zero-order valence-corrected chi connectivity index (χ0v) is 16.6. The molecule has 0 radical (unpaired) electrons. The number of rotatable bonds is 5. The van der Waals surface area contributed by atoms with Crippen LogP contribution in [0, 0.1) is 5.92 Å². The summed E-state index contributed by atoms with van der Waals surface area (Å²) < 4.78 is 48.9. The molecule has 9 heteroatoms. The Bertz CT molecular complexity index is 976. The van der Waals surface area contributed by atoms with Gasteiger partial charge in [-0.2, -0.15) is 13.2 Å². The Morgan fingerprint density at radius 3 is 2.48 bits per heavy atom. The number of amides is 2. The second kappa shape index (κ2) is 8.49. The van der Waals surface area contributed by atoms with Gasteiger partial charge in [0.15, 0.2) is 11.5 Å². The van der Waals surface area contributed by atoms with Crippen LogP contribution in [0.4, 0.5) is 18.9 Å². The number of nitrogens with zero attached hydrogens (tertiary/aromatic N) is 1. The Hall–Kier alpha value is -3.23. The van der Waals surface area contributed by atoms with E-state index in [-0.39, 0.29) is 31.3 Å². The Morgan fingerprint density at radius 2 is 1.77 bits per heavy atom. The van der Waals surface area contributed by atoms with Gasteiger partial charge in [-0.05, 0) is 36.2 Å². The molecule has 0 aliphatic carbocycles. The third-order valence-electron chi connectivity index (χ3n) is 5.33. The van der Waals surface area contributed by atoms with Crippen molar-refractivity contribution in [3.8, 4) is 11.5 Å². The highest BCUT2D eigenvalue weighted by Crippen LogP contribution is 2.36. The zero-order chi connectivity index (χ0) is 22.0. The lowest BCUT2D eigenvalue weighted by Crippen LogP contribution is -2.34. The SMILES string of the molecule is O=C(NCCc1ccc(C(F)(F)F)cc1)[C@H]1CC(=O)N(c2ccc3c(c2)OCCO3)C1.